The van der Waals surface area contributed by atoms with Crippen LogP contribution >= 0.6 is 0 Å². The molecule has 100 valence electrons. The van der Waals surface area contributed by atoms with E-state index < -0.39 is 0 Å². The molecule has 0 spiro atoms. The van der Waals surface area contributed by atoms with Crippen molar-refractivity contribution in [2.75, 3.05) is 6.61 Å². The van der Waals surface area contributed by atoms with Crippen LogP contribution in [-0.4, -0.2) is 11.7 Å². The molecule has 2 aliphatic carbocycles. The second kappa shape index (κ2) is 4.57. The Bertz CT molecular complexity index is 271. The minimum Gasteiger partial charge on any atom is -0.396 e. The van der Waals surface area contributed by atoms with Crippen molar-refractivity contribution < 1.29 is 5.11 Å². The van der Waals surface area contributed by atoms with Gasteiger partial charge in [-0.05, 0) is 54.3 Å². The zero-order valence-electron chi connectivity index (χ0n) is 12.1. The summed E-state index contributed by atoms with van der Waals surface area (Å²) < 4.78 is 0. The van der Waals surface area contributed by atoms with Crippen LogP contribution in [0.2, 0.25) is 0 Å². The number of hydrogen-bond donors (Lipinski definition) is 1. The standard InChI is InChI=1S/C16H30O/c1-12-6-7-14-15(2,3)9-5-10-16(14,4)13(12)8-11-17/h12-14,17H,5-11H2,1-4H3/t12-,13-,14?,16+/m0/s1. The van der Waals surface area contributed by atoms with E-state index in [0.717, 1.165) is 24.2 Å². The van der Waals surface area contributed by atoms with Crippen LogP contribution in [0.5, 0.6) is 0 Å². The summed E-state index contributed by atoms with van der Waals surface area (Å²) in [5, 5.41) is 9.37. The first-order valence-electron chi connectivity index (χ1n) is 7.52. The highest BCUT2D eigenvalue weighted by Gasteiger charge is 2.53. The molecule has 0 saturated heterocycles. The van der Waals surface area contributed by atoms with Gasteiger partial charge in [0.1, 0.15) is 0 Å². The summed E-state index contributed by atoms with van der Waals surface area (Å²) in [7, 11) is 0. The van der Waals surface area contributed by atoms with Gasteiger partial charge in [0.25, 0.3) is 0 Å². The Morgan fingerprint density at radius 3 is 2.47 bits per heavy atom. The summed E-state index contributed by atoms with van der Waals surface area (Å²) in [6, 6.07) is 0. The average Bonchev–Trinajstić information content (AvgIpc) is 2.22. The monoisotopic (exact) mass is 238 g/mol. The molecular formula is C16H30O. The highest BCUT2D eigenvalue weighted by Crippen LogP contribution is 2.61. The first-order valence-corrected chi connectivity index (χ1v) is 7.52. The molecule has 1 unspecified atom stereocenters. The Morgan fingerprint density at radius 1 is 1.12 bits per heavy atom. The van der Waals surface area contributed by atoms with Crippen molar-refractivity contribution in [2.24, 2.45) is 28.6 Å². The molecule has 0 amide bonds. The highest BCUT2D eigenvalue weighted by molar-refractivity contribution is 5.02. The Hall–Kier alpha value is -0.0400. The van der Waals surface area contributed by atoms with Gasteiger partial charge in [-0.15, -0.1) is 0 Å². The highest BCUT2D eigenvalue weighted by atomic mass is 16.3. The second-order valence-electron chi connectivity index (χ2n) is 7.57. The maximum absolute atomic E-state index is 9.37. The van der Waals surface area contributed by atoms with Gasteiger partial charge in [-0.2, -0.15) is 0 Å². The number of aliphatic hydroxyl groups excluding tert-OH is 1. The second-order valence-corrected chi connectivity index (χ2v) is 7.57. The van der Waals surface area contributed by atoms with Crippen LogP contribution < -0.4 is 0 Å². The normalized spacial score (nSPS) is 45.4. The van der Waals surface area contributed by atoms with E-state index >= 15 is 0 Å². The maximum atomic E-state index is 9.37. The molecule has 2 rings (SSSR count). The third kappa shape index (κ3) is 2.16. The zero-order chi connectivity index (χ0) is 12.7. The van der Waals surface area contributed by atoms with Crippen LogP contribution in [-0.2, 0) is 0 Å². The quantitative estimate of drug-likeness (QED) is 0.762. The molecule has 0 bridgehead atoms. The molecule has 2 saturated carbocycles. The van der Waals surface area contributed by atoms with Gasteiger partial charge >= 0.3 is 0 Å². The predicted octanol–water partition coefficient (Wildman–Crippen LogP) is 4.25. The third-order valence-electron chi connectivity index (χ3n) is 6.16. The zero-order valence-corrected chi connectivity index (χ0v) is 12.1. The number of fused-ring (bicyclic) bond motifs is 1. The first-order chi connectivity index (χ1) is 7.92. The van der Waals surface area contributed by atoms with Crippen molar-refractivity contribution in [3.05, 3.63) is 0 Å². The van der Waals surface area contributed by atoms with Crippen LogP contribution in [0.15, 0.2) is 0 Å². The van der Waals surface area contributed by atoms with E-state index in [0.29, 0.717) is 17.4 Å². The lowest BCUT2D eigenvalue weighted by atomic mass is 9.46. The van der Waals surface area contributed by atoms with Crippen molar-refractivity contribution in [1.82, 2.24) is 0 Å². The molecule has 0 aromatic heterocycles. The van der Waals surface area contributed by atoms with Crippen LogP contribution in [0.1, 0.15) is 66.2 Å². The fraction of sp³-hybridized carbons (Fsp3) is 1.00. The maximum Gasteiger partial charge on any atom is 0.0433 e. The van der Waals surface area contributed by atoms with E-state index in [1.54, 1.807) is 0 Å². The largest absolute Gasteiger partial charge is 0.396 e. The van der Waals surface area contributed by atoms with Crippen molar-refractivity contribution in [3.63, 3.8) is 0 Å². The number of hydrogen-bond acceptors (Lipinski definition) is 1. The topological polar surface area (TPSA) is 20.2 Å². The summed E-state index contributed by atoms with van der Waals surface area (Å²) in [6.45, 7) is 10.2. The van der Waals surface area contributed by atoms with Gasteiger partial charge in [-0.1, -0.05) is 40.5 Å². The van der Waals surface area contributed by atoms with Crippen molar-refractivity contribution in [1.29, 1.82) is 0 Å². The minimum absolute atomic E-state index is 0.373. The van der Waals surface area contributed by atoms with Crippen LogP contribution in [0.25, 0.3) is 0 Å². The Labute approximate surface area is 107 Å². The molecule has 1 N–H and O–H groups in total. The SMILES string of the molecule is C[C@H]1CCC2C(C)(C)CCC[C@]2(C)[C@H]1CCO. The van der Waals surface area contributed by atoms with Crippen LogP contribution in [0.4, 0.5) is 0 Å². The lowest BCUT2D eigenvalue weighted by molar-refractivity contribution is -0.0991. The lowest BCUT2D eigenvalue weighted by Crippen LogP contribution is -2.51. The molecule has 2 aliphatic rings. The molecule has 1 heteroatoms. The van der Waals surface area contributed by atoms with E-state index in [-0.39, 0.29) is 0 Å². The Balaban J connectivity index is 2.28. The molecule has 0 aliphatic heterocycles. The average molecular weight is 238 g/mol. The van der Waals surface area contributed by atoms with Gasteiger partial charge in [0, 0.05) is 6.61 Å². The smallest absolute Gasteiger partial charge is 0.0433 e. The molecule has 4 atom stereocenters. The summed E-state index contributed by atoms with van der Waals surface area (Å²) in [5.74, 6) is 2.42. The van der Waals surface area contributed by atoms with E-state index in [1.807, 2.05) is 0 Å². The van der Waals surface area contributed by atoms with Gasteiger partial charge in [0.2, 0.25) is 0 Å². The van der Waals surface area contributed by atoms with Gasteiger partial charge in [0.15, 0.2) is 0 Å². The minimum atomic E-state index is 0.373. The van der Waals surface area contributed by atoms with Gasteiger partial charge < -0.3 is 5.11 Å². The molecular weight excluding hydrogens is 208 g/mol. The Kier molecular flexibility index (Phi) is 3.60. The van der Waals surface area contributed by atoms with Gasteiger partial charge in [-0.3, -0.25) is 0 Å². The lowest BCUT2D eigenvalue weighted by Gasteiger charge is -2.59. The first kappa shape index (κ1) is 13.4. The Morgan fingerprint density at radius 2 is 1.82 bits per heavy atom. The van der Waals surface area contributed by atoms with Crippen LogP contribution in [0.3, 0.4) is 0 Å². The fourth-order valence-corrected chi connectivity index (χ4v) is 5.36. The van der Waals surface area contributed by atoms with Gasteiger partial charge in [0.05, 0.1) is 0 Å². The number of aliphatic hydroxyl groups is 1. The molecule has 2 fully saturated rings. The predicted molar refractivity (Wildman–Crippen MR) is 72.8 cm³/mol. The van der Waals surface area contributed by atoms with Gasteiger partial charge in [-0.25, -0.2) is 0 Å². The fourth-order valence-electron chi connectivity index (χ4n) is 5.36. The number of rotatable bonds is 2. The van der Waals surface area contributed by atoms with Crippen molar-refractivity contribution in [2.45, 2.75) is 66.2 Å². The summed E-state index contributed by atoms with van der Waals surface area (Å²) in [6.07, 6.45) is 7.96. The molecule has 1 nitrogen and oxygen atoms in total. The molecule has 0 aromatic carbocycles. The summed E-state index contributed by atoms with van der Waals surface area (Å²) in [4.78, 5) is 0. The summed E-state index contributed by atoms with van der Waals surface area (Å²) >= 11 is 0. The van der Waals surface area contributed by atoms with E-state index in [2.05, 4.69) is 27.7 Å². The van der Waals surface area contributed by atoms with Crippen LogP contribution in [0, 0.1) is 28.6 Å². The van der Waals surface area contributed by atoms with E-state index in [1.165, 1.54) is 32.1 Å². The van der Waals surface area contributed by atoms with Crippen molar-refractivity contribution in [3.8, 4) is 0 Å². The molecule has 0 aromatic rings. The van der Waals surface area contributed by atoms with E-state index in [9.17, 15) is 5.11 Å². The summed E-state index contributed by atoms with van der Waals surface area (Å²) in [5.41, 5.74) is 1.00. The van der Waals surface area contributed by atoms with Crippen molar-refractivity contribution >= 4 is 0 Å². The molecule has 17 heavy (non-hydrogen) atoms. The third-order valence-corrected chi connectivity index (χ3v) is 6.16. The molecule has 0 heterocycles. The molecule has 0 radical (unpaired) electrons. The van der Waals surface area contributed by atoms with E-state index in [4.69, 9.17) is 0 Å².